The monoisotopic (exact) mass is 303 g/mol. The lowest BCUT2D eigenvalue weighted by Crippen LogP contribution is -2.04. The third kappa shape index (κ3) is 3.29. The standard InChI is InChI=1S/C20H17NO2/c1-2-23-20(22)17-10-8-16(9-11-17)18-12-13-21-14-19(18)15-6-4-3-5-7-15/h3-14H,2H2,1H3. The van der Waals surface area contributed by atoms with Gasteiger partial charge in [0.05, 0.1) is 12.2 Å². The summed E-state index contributed by atoms with van der Waals surface area (Å²) in [6.45, 7) is 2.18. The van der Waals surface area contributed by atoms with Crippen LogP contribution in [0.2, 0.25) is 0 Å². The molecule has 0 aliphatic carbocycles. The van der Waals surface area contributed by atoms with Crippen molar-refractivity contribution in [2.75, 3.05) is 6.61 Å². The molecule has 0 fully saturated rings. The lowest BCUT2D eigenvalue weighted by molar-refractivity contribution is 0.0526. The first-order valence-electron chi connectivity index (χ1n) is 7.56. The van der Waals surface area contributed by atoms with Gasteiger partial charge in [-0.3, -0.25) is 4.98 Å². The predicted molar refractivity (Wildman–Crippen MR) is 91.1 cm³/mol. The van der Waals surface area contributed by atoms with Crippen LogP contribution in [0.25, 0.3) is 22.3 Å². The molecular formula is C20H17NO2. The molecule has 0 saturated heterocycles. The van der Waals surface area contributed by atoms with E-state index in [-0.39, 0.29) is 5.97 Å². The van der Waals surface area contributed by atoms with Crippen LogP contribution in [-0.2, 0) is 4.74 Å². The summed E-state index contributed by atoms with van der Waals surface area (Å²) in [5.74, 6) is -0.294. The minimum Gasteiger partial charge on any atom is -0.462 e. The van der Waals surface area contributed by atoms with Crippen LogP contribution in [0.3, 0.4) is 0 Å². The summed E-state index contributed by atoms with van der Waals surface area (Å²) < 4.78 is 5.02. The highest BCUT2D eigenvalue weighted by Gasteiger charge is 2.09. The van der Waals surface area contributed by atoms with Crippen molar-refractivity contribution in [2.24, 2.45) is 0 Å². The van der Waals surface area contributed by atoms with Crippen LogP contribution in [0.5, 0.6) is 0 Å². The van der Waals surface area contributed by atoms with Crippen LogP contribution < -0.4 is 0 Å². The zero-order valence-corrected chi connectivity index (χ0v) is 12.9. The maximum absolute atomic E-state index is 11.7. The van der Waals surface area contributed by atoms with Gasteiger partial charge in [-0.1, -0.05) is 42.5 Å². The fourth-order valence-electron chi connectivity index (χ4n) is 2.49. The second-order valence-electron chi connectivity index (χ2n) is 5.09. The maximum atomic E-state index is 11.7. The van der Waals surface area contributed by atoms with Gasteiger partial charge in [0.25, 0.3) is 0 Å². The fourth-order valence-corrected chi connectivity index (χ4v) is 2.49. The van der Waals surface area contributed by atoms with Gasteiger partial charge in [0.2, 0.25) is 0 Å². The lowest BCUT2D eigenvalue weighted by atomic mass is 9.96. The van der Waals surface area contributed by atoms with Crippen LogP contribution in [0, 0.1) is 0 Å². The number of esters is 1. The molecule has 0 bridgehead atoms. The molecule has 0 unspecified atom stereocenters. The van der Waals surface area contributed by atoms with Crippen molar-refractivity contribution in [2.45, 2.75) is 6.92 Å². The number of benzene rings is 2. The Morgan fingerprint density at radius 2 is 1.61 bits per heavy atom. The Labute approximate surface area is 135 Å². The summed E-state index contributed by atoms with van der Waals surface area (Å²) in [4.78, 5) is 16.0. The maximum Gasteiger partial charge on any atom is 0.338 e. The molecule has 0 aliphatic heterocycles. The van der Waals surface area contributed by atoms with E-state index in [4.69, 9.17) is 4.74 Å². The number of hydrogen-bond donors (Lipinski definition) is 0. The van der Waals surface area contributed by atoms with E-state index in [0.29, 0.717) is 12.2 Å². The Balaban J connectivity index is 1.98. The molecule has 0 atom stereocenters. The van der Waals surface area contributed by atoms with E-state index in [9.17, 15) is 4.79 Å². The summed E-state index contributed by atoms with van der Waals surface area (Å²) in [7, 11) is 0. The quantitative estimate of drug-likeness (QED) is 0.662. The van der Waals surface area contributed by atoms with Gasteiger partial charge >= 0.3 is 5.97 Å². The van der Waals surface area contributed by atoms with E-state index in [1.165, 1.54) is 0 Å². The van der Waals surface area contributed by atoms with Crippen molar-refractivity contribution in [3.05, 3.63) is 78.6 Å². The zero-order chi connectivity index (χ0) is 16.1. The van der Waals surface area contributed by atoms with E-state index in [1.807, 2.05) is 42.6 Å². The van der Waals surface area contributed by atoms with Crippen LogP contribution in [0.4, 0.5) is 0 Å². The van der Waals surface area contributed by atoms with Crippen LogP contribution in [0.1, 0.15) is 17.3 Å². The van der Waals surface area contributed by atoms with Crippen molar-refractivity contribution in [1.82, 2.24) is 4.98 Å². The van der Waals surface area contributed by atoms with Gasteiger partial charge in [0, 0.05) is 18.0 Å². The third-order valence-electron chi connectivity index (χ3n) is 3.61. The van der Waals surface area contributed by atoms with Crippen LogP contribution >= 0.6 is 0 Å². The molecule has 3 aromatic rings. The van der Waals surface area contributed by atoms with E-state index in [0.717, 1.165) is 22.3 Å². The number of carbonyl (C=O) groups excluding carboxylic acids is 1. The Hall–Kier alpha value is -2.94. The first-order chi connectivity index (χ1) is 11.3. The van der Waals surface area contributed by atoms with Gasteiger partial charge in [-0.25, -0.2) is 4.79 Å². The van der Waals surface area contributed by atoms with Gasteiger partial charge in [0.1, 0.15) is 0 Å². The highest BCUT2D eigenvalue weighted by atomic mass is 16.5. The minimum absolute atomic E-state index is 0.294. The molecule has 0 radical (unpaired) electrons. The molecule has 0 spiro atoms. The van der Waals surface area contributed by atoms with Crippen LogP contribution in [0.15, 0.2) is 73.1 Å². The molecule has 0 saturated carbocycles. The number of nitrogens with zero attached hydrogens (tertiary/aromatic N) is 1. The first kappa shape index (κ1) is 15.0. The second kappa shape index (κ2) is 6.88. The highest BCUT2D eigenvalue weighted by molar-refractivity contribution is 5.91. The van der Waals surface area contributed by atoms with Crippen molar-refractivity contribution in [1.29, 1.82) is 0 Å². The molecule has 1 heterocycles. The summed E-state index contributed by atoms with van der Waals surface area (Å²) in [5.41, 5.74) is 4.87. The molecule has 1 aromatic heterocycles. The minimum atomic E-state index is -0.294. The first-order valence-corrected chi connectivity index (χ1v) is 7.56. The Morgan fingerprint density at radius 1 is 0.913 bits per heavy atom. The highest BCUT2D eigenvalue weighted by Crippen LogP contribution is 2.31. The van der Waals surface area contributed by atoms with E-state index >= 15 is 0 Å². The summed E-state index contributed by atoms with van der Waals surface area (Å²) in [6, 6.07) is 19.6. The number of hydrogen-bond acceptors (Lipinski definition) is 3. The number of aromatic nitrogens is 1. The van der Waals surface area contributed by atoms with Crippen molar-refractivity contribution < 1.29 is 9.53 Å². The van der Waals surface area contributed by atoms with Crippen LogP contribution in [-0.4, -0.2) is 17.6 Å². The van der Waals surface area contributed by atoms with Gasteiger partial charge in [-0.15, -0.1) is 0 Å². The summed E-state index contributed by atoms with van der Waals surface area (Å²) in [5, 5.41) is 0. The van der Waals surface area contributed by atoms with E-state index in [1.54, 1.807) is 25.3 Å². The SMILES string of the molecule is CCOC(=O)c1ccc(-c2ccncc2-c2ccccc2)cc1. The normalized spacial score (nSPS) is 10.3. The van der Waals surface area contributed by atoms with E-state index in [2.05, 4.69) is 17.1 Å². The van der Waals surface area contributed by atoms with Gasteiger partial charge in [0.15, 0.2) is 0 Å². The molecule has 0 N–H and O–H groups in total. The number of rotatable bonds is 4. The fraction of sp³-hybridized carbons (Fsp3) is 0.100. The number of pyridine rings is 1. The molecule has 3 rings (SSSR count). The van der Waals surface area contributed by atoms with Gasteiger partial charge in [-0.2, -0.15) is 0 Å². The number of carbonyl (C=O) groups is 1. The largest absolute Gasteiger partial charge is 0.462 e. The molecule has 0 aliphatic rings. The third-order valence-corrected chi connectivity index (χ3v) is 3.61. The predicted octanol–water partition coefficient (Wildman–Crippen LogP) is 4.59. The lowest BCUT2D eigenvalue weighted by Gasteiger charge is -2.10. The van der Waals surface area contributed by atoms with Gasteiger partial charge < -0.3 is 4.74 Å². The molecule has 0 amide bonds. The Kier molecular flexibility index (Phi) is 4.48. The molecule has 2 aromatic carbocycles. The molecular weight excluding hydrogens is 286 g/mol. The van der Waals surface area contributed by atoms with Gasteiger partial charge in [-0.05, 0) is 41.8 Å². The van der Waals surface area contributed by atoms with Crippen molar-refractivity contribution in [3.63, 3.8) is 0 Å². The summed E-state index contributed by atoms with van der Waals surface area (Å²) >= 11 is 0. The topological polar surface area (TPSA) is 39.2 Å². The Bertz CT molecular complexity index is 795. The zero-order valence-electron chi connectivity index (χ0n) is 12.9. The number of ether oxygens (including phenoxy) is 1. The molecule has 114 valence electrons. The van der Waals surface area contributed by atoms with Crippen molar-refractivity contribution >= 4 is 5.97 Å². The molecule has 3 heteroatoms. The second-order valence-corrected chi connectivity index (χ2v) is 5.09. The summed E-state index contributed by atoms with van der Waals surface area (Å²) in [6.07, 6.45) is 3.64. The van der Waals surface area contributed by atoms with E-state index < -0.39 is 0 Å². The molecule has 3 nitrogen and oxygen atoms in total. The average Bonchev–Trinajstić information content (AvgIpc) is 2.63. The molecule has 23 heavy (non-hydrogen) atoms. The average molecular weight is 303 g/mol. The smallest absolute Gasteiger partial charge is 0.338 e. The van der Waals surface area contributed by atoms with Crippen molar-refractivity contribution in [3.8, 4) is 22.3 Å². The Morgan fingerprint density at radius 3 is 2.30 bits per heavy atom.